The van der Waals surface area contributed by atoms with Crippen LogP contribution in [0.4, 0.5) is 0 Å². The van der Waals surface area contributed by atoms with Crippen LogP contribution in [0.5, 0.6) is 0 Å². The monoisotopic (exact) mass is 716 g/mol. The van der Waals surface area contributed by atoms with Gasteiger partial charge < -0.3 is 4.42 Å². The van der Waals surface area contributed by atoms with Crippen LogP contribution in [0.25, 0.3) is 106 Å². The lowest BCUT2D eigenvalue weighted by molar-refractivity contribution is 0.669. The van der Waals surface area contributed by atoms with Gasteiger partial charge in [-0.2, -0.15) is 5.10 Å². The Morgan fingerprint density at radius 3 is 1.75 bits per heavy atom. The molecule has 0 amide bonds. The molecule has 0 spiro atoms. The highest BCUT2D eigenvalue weighted by atomic mass is 16.3. The van der Waals surface area contributed by atoms with Crippen molar-refractivity contribution >= 4 is 38.2 Å². The molecule has 5 heteroatoms. The zero-order valence-electron chi connectivity index (χ0n) is 30.2. The minimum Gasteiger partial charge on any atom is -0.456 e. The molecular weight excluding hydrogens is 685 g/mol. The number of hydrogen-bond donors (Lipinski definition) is 0. The summed E-state index contributed by atoms with van der Waals surface area (Å²) in [6, 6.07) is 67.3. The lowest BCUT2D eigenvalue weighted by atomic mass is 9.95. The van der Waals surface area contributed by atoms with E-state index >= 15 is 0 Å². The quantitative estimate of drug-likeness (QED) is 0.172. The van der Waals surface area contributed by atoms with Crippen molar-refractivity contribution in [2.75, 3.05) is 0 Å². The van der Waals surface area contributed by atoms with Crippen molar-refractivity contribution in [3.8, 4) is 67.5 Å². The van der Waals surface area contributed by atoms with E-state index in [1.54, 1.807) is 0 Å². The summed E-state index contributed by atoms with van der Waals surface area (Å²) in [7, 11) is 0. The third-order valence-electron chi connectivity index (χ3n) is 10.6. The van der Waals surface area contributed by atoms with Crippen molar-refractivity contribution < 1.29 is 4.42 Å². The maximum atomic E-state index is 6.17. The summed E-state index contributed by atoms with van der Waals surface area (Å²) in [5.41, 5.74) is 13.6. The van der Waals surface area contributed by atoms with Crippen LogP contribution in [0, 0.1) is 0 Å². The van der Waals surface area contributed by atoms with E-state index in [0.29, 0.717) is 5.82 Å². The first kappa shape index (κ1) is 31.9. The standard InChI is InChI=1S/C51H32N4O/c1-4-15-33(16-5-1)45-31-36-21-10-11-24-40(36)50-48(49(54-55(45)50)34-17-6-2-7-18-34)39-23-14-22-37(29-39)43-32-44(53-51(52-43)35-19-8-3-9-20-35)38-27-28-47-42(30-38)41-25-12-13-26-46(41)56-47/h1-32H. The van der Waals surface area contributed by atoms with E-state index in [2.05, 4.69) is 150 Å². The number of fused-ring (bicyclic) bond motifs is 6. The third kappa shape index (κ3) is 5.37. The Morgan fingerprint density at radius 1 is 0.393 bits per heavy atom. The first-order chi connectivity index (χ1) is 27.7. The predicted molar refractivity (Wildman–Crippen MR) is 228 cm³/mol. The number of aromatic nitrogens is 4. The fraction of sp³-hybridized carbons (Fsp3) is 0. The van der Waals surface area contributed by atoms with Crippen molar-refractivity contribution in [2.24, 2.45) is 0 Å². The second-order valence-corrected chi connectivity index (χ2v) is 14.1. The lowest BCUT2D eigenvalue weighted by Crippen LogP contribution is -1.96. The molecule has 5 nitrogen and oxygen atoms in total. The maximum absolute atomic E-state index is 6.17. The molecular formula is C51H32N4O. The second-order valence-electron chi connectivity index (χ2n) is 14.1. The van der Waals surface area contributed by atoms with Gasteiger partial charge >= 0.3 is 0 Å². The van der Waals surface area contributed by atoms with Gasteiger partial charge in [-0.3, -0.25) is 0 Å². The molecule has 0 unspecified atom stereocenters. The van der Waals surface area contributed by atoms with E-state index in [4.69, 9.17) is 19.5 Å². The zero-order chi connectivity index (χ0) is 37.0. The van der Waals surface area contributed by atoms with Crippen LogP contribution in [0.2, 0.25) is 0 Å². The number of benzene rings is 7. The molecule has 11 aromatic rings. The summed E-state index contributed by atoms with van der Waals surface area (Å²) in [6.07, 6.45) is 0. The maximum Gasteiger partial charge on any atom is 0.160 e. The fourth-order valence-corrected chi connectivity index (χ4v) is 7.95. The van der Waals surface area contributed by atoms with Crippen molar-refractivity contribution in [1.82, 2.24) is 19.6 Å². The Kier molecular flexibility index (Phi) is 7.42. The highest BCUT2D eigenvalue weighted by Gasteiger charge is 2.22. The molecule has 0 saturated carbocycles. The fourth-order valence-electron chi connectivity index (χ4n) is 7.95. The number of furan rings is 1. The largest absolute Gasteiger partial charge is 0.456 e. The van der Waals surface area contributed by atoms with E-state index in [1.807, 2.05) is 48.5 Å². The highest BCUT2D eigenvalue weighted by molar-refractivity contribution is 6.09. The van der Waals surface area contributed by atoms with Gasteiger partial charge in [0.1, 0.15) is 16.9 Å². The number of nitrogens with zero attached hydrogens (tertiary/aromatic N) is 4. The average molecular weight is 717 g/mol. The third-order valence-corrected chi connectivity index (χ3v) is 10.6. The second kappa shape index (κ2) is 13.0. The highest BCUT2D eigenvalue weighted by Crippen LogP contribution is 2.42. The van der Waals surface area contributed by atoms with Gasteiger partial charge in [0.15, 0.2) is 5.82 Å². The van der Waals surface area contributed by atoms with Crippen LogP contribution >= 0.6 is 0 Å². The summed E-state index contributed by atoms with van der Waals surface area (Å²) >= 11 is 0. The molecule has 4 heterocycles. The van der Waals surface area contributed by atoms with E-state index in [0.717, 1.165) is 99.9 Å². The van der Waals surface area contributed by atoms with Crippen LogP contribution in [0.3, 0.4) is 0 Å². The van der Waals surface area contributed by atoms with E-state index in [9.17, 15) is 0 Å². The summed E-state index contributed by atoms with van der Waals surface area (Å²) in [5, 5.41) is 9.86. The molecule has 11 rings (SSSR count). The molecule has 7 aromatic carbocycles. The van der Waals surface area contributed by atoms with Gasteiger partial charge in [-0.25, -0.2) is 14.5 Å². The molecule has 262 valence electrons. The molecule has 0 aliphatic carbocycles. The van der Waals surface area contributed by atoms with Crippen molar-refractivity contribution in [1.29, 1.82) is 0 Å². The zero-order valence-corrected chi connectivity index (χ0v) is 30.2. The molecule has 56 heavy (non-hydrogen) atoms. The van der Waals surface area contributed by atoms with E-state index < -0.39 is 0 Å². The number of pyridine rings is 1. The smallest absolute Gasteiger partial charge is 0.160 e. The van der Waals surface area contributed by atoms with Crippen LogP contribution in [0.15, 0.2) is 199 Å². The van der Waals surface area contributed by atoms with Gasteiger partial charge in [-0.05, 0) is 53.4 Å². The molecule has 4 aromatic heterocycles. The van der Waals surface area contributed by atoms with E-state index in [-0.39, 0.29) is 0 Å². The molecule has 0 N–H and O–H groups in total. The molecule has 0 aliphatic heterocycles. The van der Waals surface area contributed by atoms with Gasteiger partial charge in [0.2, 0.25) is 0 Å². The summed E-state index contributed by atoms with van der Waals surface area (Å²) in [4.78, 5) is 10.4. The topological polar surface area (TPSA) is 56.2 Å². The summed E-state index contributed by atoms with van der Waals surface area (Å²) in [5.74, 6) is 0.667. The Hall–Kier alpha value is -7.63. The van der Waals surface area contributed by atoms with Gasteiger partial charge in [-0.1, -0.05) is 152 Å². The predicted octanol–water partition coefficient (Wildman–Crippen LogP) is 13.2. The molecule has 0 bridgehead atoms. The van der Waals surface area contributed by atoms with Crippen LogP contribution in [-0.4, -0.2) is 19.6 Å². The molecule has 0 fully saturated rings. The van der Waals surface area contributed by atoms with Crippen LogP contribution in [-0.2, 0) is 0 Å². The lowest BCUT2D eigenvalue weighted by Gasteiger charge is -2.12. The van der Waals surface area contributed by atoms with Gasteiger partial charge in [0.25, 0.3) is 0 Å². The van der Waals surface area contributed by atoms with Crippen LogP contribution in [0.1, 0.15) is 0 Å². The van der Waals surface area contributed by atoms with Gasteiger partial charge in [0, 0.05) is 49.5 Å². The van der Waals surface area contributed by atoms with Crippen molar-refractivity contribution in [3.63, 3.8) is 0 Å². The van der Waals surface area contributed by atoms with Crippen molar-refractivity contribution in [3.05, 3.63) is 194 Å². The Bertz CT molecular complexity index is 3240. The number of hydrogen-bond acceptors (Lipinski definition) is 4. The van der Waals surface area contributed by atoms with Crippen LogP contribution < -0.4 is 0 Å². The Labute approximate surface area is 322 Å². The number of rotatable bonds is 6. The normalized spacial score (nSPS) is 11.6. The molecule has 0 saturated heterocycles. The van der Waals surface area contributed by atoms with Gasteiger partial charge in [0.05, 0.1) is 22.6 Å². The Morgan fingerprint density at radius 2 is 0.982 bits per heavy atom. The SMILES string of the molecule is c1ccc(-c2nc(-c3cccc(-c4c(-c5ccccc5)nn5c(-c6ccccc6)cc6ccccc6c45)c3)cc(-c3ccc4oc5ccccc5c4c3)n2)cc1. The first-order valence-corrected chi connectivity index (χ1v) is 18.8. The molecule has 0 radical (unpaired) electrons. The first-order valence-electron chi connectivity index (χ1n) is 18.8. The molecule has 0 atom stereocenters. The van der Waals surface area contributed by atoms with Crippen molar-refractivity contribution in [2.45, 2.75) is 0 Å². The average Bonchev–Trinajstić information content (AvgIpc) is 3.86. The molecule has 0 aliphatic rings. The number of para-hydroxylation sites is 1. The minimum absolute atomic E-state index is 0.667. The van der Waals surface area contributed by atoms with E-state index in [1.165, 1.54) is 0 Å². The summed E-state index contributed by atoms with van der Waals surface area (Å²) < 4.78 is 8.30. The minimum atomic E-state index is 0.667. The summed E-state index contributed by atoms with van der Waals surface area (Å²) in [6.45, 7) is 0. The Balaban J connectivity index is 1.15. The van der Waals surface area contributed by atoms with Gasteiger partial charge in [-0.15, -0.1) is 0 Å².